The van der Waals surface area contributed by atoms with Gasteiger partial charge in [0, 0.05) is 30.5 Å². The number of nitrogens with zero attached hydrogens (tertiary/aromatic N) is 1. The molecule has 24 heavy (non-hydrogen) atoms. The lowest BCUT2D eigenvalue weighted by atomic mass is 9.94. The van der Waals surface area contributed by atoms with Gasteiger partial charge in [-0.1, -0.05) is 60.5 Å². The minimum atomic E-state index is 0.262. The minimum absolute atomic E-state index is 0.262. The lowest BCUT2D eigenvalue weighted by Gasteiger charge is -2.25. The van der Waals surface area contributed by atoms with Gasteiger partial charge in [-0.2, -0.15) is 0 Å². The predicted octanol–water partition coefficient (Wildman–Crippen LogP) is 5.07. The highest BCUT2D eigenvalue weighted by Crippen LogP contribution is 2.26. The average Bonchev–Trinajstić information content (AvgIpc) is 2.87. The van der Waals surface area contributed by atoms with Crippen LogP contribution < -0.4 is 0 Å². The zero-order valence-corrected chi connectivity index (χ0v) is 14.7. The molecule has 3 rings (SSSR count). The van der Waals surface area contributed by atoms with E-state index in [2.05, 4.69) is 29.2 Å². The van der Waals surface area contributed by atoms with Gasteiger partial charge in [-0.25, -0.2) is 0 Å². The number of benzene rings is 2. The summed E-state index contributed by atoms with van der Waals surface area (Å²) in [5.74, 6) is 0.724. The molecule has 1 aliphatic rings. The molecule has 0 aromatic heterocycles. The summed E-state index contributed by atoms with van der Waals surface area (Å²) in [5, 5.41) is 0.735. The Morgan fingerprint density at radius 1 is 1.08 bits per heavy atom. The molecule has 0 radical (unpaired) electrons. The van der Waals surface area contributed by atoms with E-state index in [1.165, 1.54) is 18.4 Å². The zero-order valence-electron chi connectivity index (χ0n) is 14.0. The van der Waals surface area contributed by atoms with Gasteiger partial charge in [0.15, 0.2) is 0 Å². The smallest absolute Gasteiger partial charge is 0.222 e. The van der Waals surface area contributed by atoms with Crippen LogP contribution in [0.3, 0.4) is 0 Å². The highest BCUT2D eigenvalue weighted by molar-refractivity contribution is 6.30. The van der Waals surface area contributed by atoms with E-state index in [9.17, 15) is 4.79 Å². The van der Waals surface area contributed by atoms with E-state index in [1.807, 2.05) is 30.3 Å². The van der Waals surface area contributed by atoms with Crippen LogP contribution in [-0.4, -0.2) is 23.9 Å². The Morgan fingerprint density at radius 2 is 1.92 bits per heavy atom. The Kier molecular flexibility index (Phi) is 5.92. The summed E-state index contributed by atoms with van der Waals surface area (Å²) in [7, 11) is 0. The molecular formula is C21H24ClNO. The van der Waals surface area contributed by atoms with Crippen LogP contribution in [0.25, 0.3) is 0 Å². The number of amides is 1. The summed E-state index contributed by atoms with van der Waals surface area (Å²) in [4.78, 5) is 14.7. The second-order valence-electron chi connectivity index (χ2n) is 6.57. The minimum Gasteiger partial charge on any atom is -0.342 e. The first kappa shape index (κ1) is 17.0. The Bertz CT molecular complexity index is 671. The molecule has 0 aliphatic carbocycles. The van der Waals surface area contributed by atoms with Gasteiger partial charge in [-0.3, -0.25) is 4.79 Å². The molecule has 1 atom stereocenters. The fraction of sp³-hybridized carbons (Fsp3) is 0.381. The lowest BCUT2D eigenvalue weighted by Crippen LogP contribution is -2.34. The Balaban J connectivity index is 1.61. The first-order valence-electron chi connectivity index (χ1n) is 8.79. The van der Waals surface area contributed by atoms with Gasteiger partial charge in [0.1, 0.15) is 0 Å². The van der Waals surface area contributed by atoms with Gasteiger partial charge in [0.05, 0.1) is 0 Å². The van der Waals surface area contributed by atoms with Gasteiger partial charge in [0.25, 0.3) is 0 Å². The fourth-order valence-electron chi connectivity index (χ4n) is 3.47. The van der Waals surface area contributed by atoms with Crippen molar-refractivity contribution in [3.63, 3.8) is 0 Å². The maximum Gasteiger partial charge on any atom is 0.222 e. The highest BCUT2D eigenvalue weighted by atomic mass is 35.5. The van der Waals surface area contributed by atoms with Gasteiger partial charge in [-0.15, -0.1) is 0 Å². The summed E-state index contributed by atoms with van der Waals surface area (Å²) in [5.41, 5.74) is 2.48. The summed E-state index contributed by atoms with van der Waals surface area (Å²) in [6.07, 6.45) is 4.78. The second-order valence-corrected chi connectivity index (χ2v) is 7.01. The molecule has 2 nitrogen and oxygen atoms in total. The first-order chi connectivity index (χ1) is 11.7. The summed E-state index contributed by atoms with van der Waals surface area (Å²) >= 11 is 6.02. The van der Waals surface area contributed by atoms with E-state index >= 15 is 0 Å². The largest absolute Gasteiger partial charge is 0.342 e. The molecule has 1 heterocycles. The van der Waals surface area contributed by atoms with Crippen molar-refractivity contribution in [2.75, 3.05) is 13.1 Å². The molecule has 2 aromatic rings. The normalized spacial score (nSPS) is 18.2. The van der Waals surface area contributed by atoms with Crippen molar-refractivity contribution in [3.8, 4) is 0 Å². The van der Waals surface area contributed by atoms with Crippen molar-refractivity contribution < 1.29 is 4.79 Å². The van der Waals surface area contributed by atoms with Crippen LogP contribution in [0, 0.1) is 0 Å². The molecule has 0 bridgehead atoms. The molecule has 0 unspecified atom stereocenters. The Labute approximate surface area is 149 Å². The Morgan fingerprint density at radius 3 is 2.71 bits per heavy atom. The van der Waals surface area contributed by atoms with Crippen LogP contribution in [-0.2, 0) is 11.2 Å². The van der Waals surface area contributed by atoms with E-state index in [0.29, 0.717) is 12.3 Å². The number of hydrogen-bond acceptors (Lipinski definition) is 1. The van der Waals surface area contributed by atoms with Crippen LogP contribution in [0.15, 0.2) is 54.6 Å². The van der Waals surface area contributed by atoms with Gasteiger partial charge >= 0.3 is 0 Å². The van der Waals surface area contributed by atoms with Crippen molar-refractivity contribution >= 4 is 17.5 Å². The lowest BCUT2D eigenvalue weighted by molar-refractivity contribution is -0.131. The topological polar surface area (TPSA) is 20.3 Å². The molecule has 1 amide bonds. The van der Waals surface area contributed by atoms with Crippen LogP contribution in [0.1, 0.15) is 42.7 Å². The Hall–Kier alpha value is -1.80. The molecule has 0 saturated carbocycles. The van der Waals surface area contributed by atoms with Crippen LogP contribution in [0.4, 0.5) is 0 Å². The second kappa shape index (κ2) is 8.34. The molecular weight excluding hydrogens is 318 g/mol. The zero-order chi connectivity index (χ0) is 16.8. The van der Waals surface area contributed by atoms with Crippen LogP contribution in [0.2, 0.25) is 5.02 Å². The molecule has 3 heteroatoms. The molecule has 0 spiro atoms. The van der Waals surface area contributed by atoms with Crippen molar-refractivity contribution in [2.24, 2.45) is 0 Å². The molecule has 1 saturated heterocycles. The van der Waals surface area contributed by atoms with Crippen molar-refractivity contribution in [3.05, 3.63) is 70.7 Å². The number of likely N-dealkylation sites (tertiary alicyclic amines) is 1. The average molecular weight is 342 g/mol. The van der Waals surface area contributed by atoms with E-state index in [1.54, 1.807) is 0 Å². The van der Waals surface area contributed by atoms with Crippen LogP contribution >= 0.6 is 11.6 Å². The SMILES string of the molecule is O=C(CCc1cccc(Cl)c1)N1CCCC[C@H](c2ccccc2)C1. The van der Waals surface area contributed by atoms with Gasteiger partial charge in [0.2, 0.25) is 5.91 Å². The van der Waals surface area contributed by atoms with Crippen molar-refractivity contribution in [2.45, 2.75) is 38.0 Å². The maximum absolute atomic E-state index is 12.7. The first-order valence-corrected chi connectivity index (χ1v) is 9.17. The van der Waals surface area contributed by atoms with E-state index in [4.69, 9.17) is 11.6 Å². The highest BCUT2D eigenvalue weighted by Gasteiger charge is 2.22. The molecule has 126 valence electrons. The third-order valence-corrected chi connectivity index (χ3v) is 5.05. The number of carbonyl (C=O) groups excluding carboxylic acids is 1. The summed E-state index contributed by atoms with van der Waals surface area (Å²) in [6, 6.07) is 18.4. The van der Waals surface area contributed by atoms with Crippen molar-refractivity contribution in [1.29, 1.82) is 0 Å². The predicted molar refractivity (Wildman–Crippen MR) is 99.4 cm³/mol. The molecule has 1 aliphatic heterocycles. The number of carbonyl (C=O) groups is 1. The molecule has 1 fully saturated rings. The van der Waals surface area contributed by atoms with E-state index < -0.39 is 0 Å². The number of aryl methyl sites for hydroxylation is 1. The monoisotopic (exact) mass is 341 g/mol. The fourth-order valence-corrected chi connectivity index (χ4v) is 3.68. The summed E-state index contributed by atoms with van der Waals surface area (Å²) in [6.45, 7) is 1.73. The number of rotatable bonds is 4. The number of hydrogen-bond donors (Lipinski definition) is 0. The quantitative estimate of drug-likeness (QED) is 0.760. The third-order valence-electron chi connectivity index (χ3n) is 4.81. The molecule has 0 N–H and O–H groups in total. The summed E-state index contributed by atoms with van der Waals surface area (Å²) < 4.78 is 0. The van der Waals surface area contributed by atoms with E-state index in [-0.39, 0.29) is 5.91 Å². The van der Waals surface area contributed by atoms with Gasteiger partial charge in [-0.05, 0) is 42.5 Å². The van der Waals surface area contributed by atoms with Gasteiger partial charge < -0.3 is 4.90 Å². The number of halogens is 1. The third kappa shape index (κ3) is 4.61. The van der Waals surface area contributed by atoms with Crippen molar-refractivity contribution in [1.82, 2.24) is 4.90 Å². The molecule has 2 aromatic carbocycles. The van der Waals surface area contributed by atoms with E-state index in [0.717, 1.165) is 36.5 Å². The maximum atomic E-state index is 12.7. The van der Waals surface area contributed by atoms with Crippen LogP contribution in [0.5, 0.6) is 0 Å². The standard InChI is InChI=1S/C21H24ClNO/c22-20-11-6-7-17(15-20)12-13-21(24)23-14-5-4-10-19(16-23)18-8-2-1-3-9-18/h1-3,6-9,11,15,19H,4-5,10,12-14,16H2/t19-/m0/s1.